The van der Waals surface area contributed by atoms with Crippen LogP contribution in [0.15, 0.2) is 35.3 Å². The lowest BCUT2D eigenvalue weighted by molar-refractivity contribution is -0.117. The van der Waals surface area contributed by atoms with E-state index in [1.807, 2.05) is 42.1 Å². The van der Waals surface area contributed by atoms with Crippen molar-refractivity contribution in [1.82, 2.24) is 4.90 Å². The highest BCUT2D eigenvalue weighted by atomic mass is 35.5. The van der Waals surface area contributed by atoms with Crippen LogP contribution < -0.4 is 5.32 Å². The van der Waals surface area contributed by atoms with Crippen molar-refractivity contribution in [2.24, 2.45) is 4.99 Å². The predicted octanol–water partition coefficient (Wildman–Crippen LogP) is 4.95. The second-order valence-corrected chi connectivity index (χ2v) is 8.52. The Hall–Kier alpha value is -1.20. The van der Waals surface area contributed by atoms with Crippen molar-refractivity contribution in [2.45, 2.75) is 69.2 Å². The van der Waals surface area contributed by atoms with Gasteiger partial charge in [-0.2, -0.15) is 0 Å². The second kappa shape index (κ2) is 10.2. The first-order chi connectivity index (χ1) is 12.1. The van der Waals surface area contributed by atoms with Gasteiger partial charge in [0.1, 0.15) is 0 Å². The van der Waals surface area contributed by atoms with Crippen LogP contribution in [0.4, 0.5) is 5.69 Å². The Labute approximate surface area is 167 Å². The quantitative estimate of drug-likeness (QED) is 0.733. The van der Waals surface area contributed by atoms with Crippen molar-refractivity contribution in [3.63, 3.8) is 0 Å². The van der Waals surface area contributed by atoms with Crippen LogP contribution in [0.2, 0.25) is 0 Å². The zero-order valence-corrected chi connectivity index (χ0v) is 17.3. The molecule has 2 atom stereocenters. The Balaban J connectivity index is 0.00000243. The van der Waals surface area contributed by atoms with E-state index in [2.05, 4.69) is 24.2 Å². The normalized spacial score (nSPS) is 25.6. The highest BCUT2D eigenvalue weighted by Crippen LogP contribution is 2.33. The number of thioether (sulfide) groups is 1. The van der Waals surface area contributed by atoms with Gasteiger partial charge in [-0.25, -0.2) is 0 Å². The molecule has 1 amide bonds. The molecule has 1 saturated heterocycles. The van der Waals surface area contributed by atoms with Crippen molar-refractivity contribution in [3.8, 4) is 0 Å². The number of amides is 1. The van der Waals surface area contributed by atoms with Gasteiger partial charge in [-0.15, -0.1) is 12.4 Å². The zero-order valence-electron chi connectivity index (χ0n) is 15.7. The molecule has 1 aromatic rings. The summed E-state index contributed by atoms with van der Waals surface area (Å²) in [5.41, 5.74) is 0.862. The molecule has 0 radical (unpaired) electrons. The number of hydrogen-bond acceptors (Lipinski definition) is 3. The Bertz CT molecular complexity index is 602. The van der Waals surface area contributed by atoms with Crippen LogP contribution in [0, 0.1) is 0 Å². The number of rotatable bonds is 4. The largest absolute Gasteiger partial charge is 0.350 e. The lowest BCUT2D eigenvalue weighted by Gasteiger charge is -2.23. The van der Waals surface area contributed by atoms with Gasteiger partial charge in [0.25, 0.3) is 0 Å². The minimum Gasteiger partial charge on any atom is -0.350 e. The third-order valence-electron chi connectivity index (χ3n) is 5.20. The van der Waals surface area contributed by atoms with Gasteiger partial charge >= 0.3 is 0 Å². The first-order valence-corrected chi connectivity index (χ1v) is 10.3. The molecule has 1 aliphatic heterocycles. The molecule has 0 bridgehead atoms. The Kier molecular flexibility index (Phi) is 8.29. The number of nitrogens with one attached hydrogen (secondary N) is 1. The zero-order chi connectivity index (χ0) is 17.6. The number of carbonyl (C=O) groups is 1. The molecule has 4 nitrogen and oxygen atoms in total. The predicted molar refractivity (Wildman–Crippen MR) is 114 cm³/mol. The Morgan fingerprint density at radius 2 is 1.85 bits per heavy atom. The summed E-state index contributed by atoms with van der Waals surface area (Å²) in [6, 6.07) is 10.4. The van der Waals surface area contributed by atoms with Crippen LogP contribution in [-0.2, 0) is 4.79 Å². The number of aliphatic imine (C=N–C) groups is 1. The van der Waals surface area contributed by atoms with E-state index in [-0.39, 0.29) is 24.4 Å². The third-order valence-corrected chi connectivity index (χ3v) is 6.49. The van der Waals surface area contributed by atoms with E-state index in [9.17, 15) is 4.79 Å². The fourth-order valence-electron chi connectivity index (χ4n) is 3.68. The molecule has 1 N–H and O–H groups in total. The van der Waals surface area contributed by atoms with Gasteiger partial charge in [0.15, 0.2) is 5.17 Å². The van der Waals surface area contributed by atoms with E-state index < -0.39 is 0 Å². The molecule has 3 rings (SSSR count). The highest BCUT2D eigenvalue weighted by Gasteiger charge is 2.35. The van der Waals surface area contributed by atoms with Gasteiger partial charge in [0.05, 0.1) is 12.1 Å². The van der Waals surface area contributed by atoms with Gasteiger partial charge in [-0.05, 0) is 25.0 Å². The number of halogens is 1. The molecule has 1 heterocycles. The van der Waals surface area contributed by atoms with Crippen LogP contribution >= 0.6 is 24.2 Å². The minimum absolute atomic E-state index is 0. The third kappa shape index (κ3) is 5.65. The molecule has 2 fully saturated rings. The maximum atomic E-state index is 12.4. The van der Waals surface area contributed by atoms with Crippen LogP contribution in [0.1, 0.15) is 51.9 Å². The van der Waals surface area contributed by atoms with Crippen molar-refractivity contribution < 1.29 is 4.79 Å². The van der Waals surface area contributed by atoms with Gasteiger partial charge < -0.3 is 10.2 Å². The molecule has 0 spiro atoms. The van der Waals surface area contributed by atoms with E-state index in [4.69, 9.17) is 4.99 Å². The Morgan fingerprint density at radius 3 is 2.50 bits per heavy atom. The molecule has 2 unspecified atom stereocenters. The molecular formula is C20H30ClN3OS. The topological polar surface area (TPSA) is 44.7 Å². The average molecular weight is 396 g/mol. The summed E-state index contributed by atoms with van der Waals surface area (Å²) in [5, 5.41) is 4.51. The van der Waals surface area contributed by atoms with E-state index in [1.54, 1.807) is 0 Å². The average Bonchev–Trinajstić information content (AvgIpc) is 2.79. The fourth-order valence-corrected chi connectivity index (χ4v) is 4.96. The molecule has 144 valence electrons. The van der Waals surface area contributed by atoms with Crippen LogP contribution in [-0.4, -0.2) is 40.4 Å². The number of anilines is 1. The first kappa shape index (κ1) is 21.1. The lowest BCUT2D eigenvalue weighted by Crippen LogP contribution is -2.36. The maximum Gasteiger partial charge on any atom is 0.226 e. The van der Waals surface area contributed by atoms with E-state index >= 15 is 0 Å². The van der Waals surface area contributed by atoms with Crippen molar-refractivity contribution in [2.75, 3.05) is 12.4 Å². The molecule has 26 heavy (non-hydrogen) atoms. The number of nitrogens with zero attached hydrogens (tertiary/aromatic N) is 2. The molecule has 1 aliphatic carbocycles. The summed E-state index contributed by atoms with van der Waals surface area (Å²) >= 11 is 1.83. The van der Waals surface area contributed by atoms with E-state index in [1.165, 1.54) is 38.5 Å². The van der Waals surface area contributed by atoms with Crippen molar-refractivity contribution >= 4 is 40.9 Å². The number of hydrogen-bond donors (Lipinski definition) is 1. The molecule has 2 aliphatic rings. The smallest absolute Gasteiger partial charge is 0.226 e. The summed E-state index contributed by atoms with van der Waals surface area (Å²) in [6.45, 7) is 2.21. The number of para-hydroxylation sites is 1. The summed E-state index contributed by atoms with van der Waals surface area (Å²) in [7, 11) is 2.09. The second-order valence-electron chi connectivity index (χ2n) is 7.18. The molecule has 1 saturated carbocycles. The standard InChI is InChI=1S/C20H29N3OS.ClH/c1-15-18(14-19(24)21-16-10-8-5-9-11-16)23(2)20(25-15)22-17-12-6-3-4-7-13-17;/h5,8-11,15,17-18H,3-4,6-7,12-14H2,1-2H3,(H,21,24);1H/b22-20-;. The van der Waals surface area contributed by atoms with Crippen molar-refractivity contribution in [3.05, 3.63) is 30.3 Å². The number of benzene rings is 1. The molecule has 1 aromatic carbocycles. The van der Waals surface area contributed by atoms with Gasteiger partial charge in [0, 0.05) is 24.4 Å². The van der Waals surface area contributed by atoms with Crippen LogP contribution in [0.3, 0.4) is 0 Å². The van der Waals surface area contributed by atoms with Crippen molar-refractivity contribution in [1.29, 1.82) is 0 Å². The number of amidine groups is 1. The van der Waals surface area contributed by atoms with Crippen LogP contribution in [0.25, 0.3) is 0 Å². The fraction of sp³-hybridized carbons (Fsp3) is 0.600. The van der Waals surface area contributed by atoms with Gasteiger partial charge in [-0.1, -0.05) is 62.6 Å². The molecule has 0 aromatic heterocycles. The molecular weight excluding hydrogens is 366 g/mol. The molecule has 6 heteroatoms. The first-order valence-electron chi connectivity index (χ1n) is 9.45. The monoisotopic (exact) mass is 395 g/mol. The summed E-state index contributed by atoms with van der Waals surface area (Å²) in [4.78, 5) is 19.7. The highest BCUT2D eigenvalue weighted by molar-refractivity contribution is 8.14. The summed E-state index contributed by atoms with van der Waals surface area (Å²) in [5.74, 6) is 0.0752. The summed E-state index contributed by atoms with van der Waals surface area (Å²) < 4.78 is 0. The van der Waals surface area contributed by atoms with Gasteiger partial charge in [0.2, 0.25) is 5.91 Å². The van der Waals surface area contributed by atoms with Gasteiger partial charge in [-0.3, -0.25) is 9.79 Å². The number of carbonyl (C=O) groups excluding carboxylic acids is 1. The minimum atomic E-state index is 0. The Morgan fingerprint density at radius 1 is 1.19 bits per heavy atom. The maximum absolute atomic E-state index is 12.4. The SMILES string of the molecule is CC1S/C(=N\C2CCCCCC2)N(C)C1CC(=O)Nc1ccccc1.Cl. The van der Waals surface area contributed by atoms with E-state index in [0.29, 0.717) is 17.7 Å². The van der Waals surface area contributed by atoms with E-state index in [0.717, 1.165) is 10.9 Å². The summed E-state index contributed by atoms with van der Waals surface area (Å²) in [6.07, 6.45) is 8.23. The van der Waals surface area contributed by atoms with Crippen LogP contribution in [0.5, 0.6) is 0 Å². The lowest BCUT2D eigenvalue weighted by atomic mass is 10.1.